The number of rotatable bonds is 0. The zero-order chi connectivity index (χ0) is 9.59. The van der Waals surface area contributed by atoms with Crippen molar-refractivity contribution in [3.05, 3.63) is 41.5 Å². The molecule has 0 bridgehead atoms. The molecule has 1 aliphatic heterocycles. The van der Waals surface area contributed by atoms with Gasteiger partial charge >= 0.3 is 5.97 Å². The number of halogens is 2. The maximum Gasteiger partial charge on any atom is 0.347 e. The first-order valence-electron chi connectivity index (χ1n) is 3.50. The van der Waals surface area contributed by atoms with Crippen LogP contribution < -0.4 is 0 Å². The Balaban J connectivity index is 2.81. The largest absolute Gasteiger partial charge is 0.423 e. The number of carbonyl (C=O) groups excluding carboxylic acids is 1. The molecule has 0 spiro atoms. The summed E-state index contributed by atoms with van der Waals surface area (Å²) >= 11 is 0. The van der Waals surface area contributed by atoms with E-state index >= 15 is 0 Å². The molecule has 0 atom stereocenters. The first kappa shape index (κ1) is 7.91. The summed E-state index contributed by atoms with van der Waals surface area (Å²) in [6.07, 6.45) is 0. The van der Waals surface area contributed by atoms with Crippen LogP contribution in [0.3, 0.4) is 0 Å². The van der Waals surface area contributed by atoms with Crippen LogP contribution in [0.2, 0.25) is 0 Å². The molecule has 0 N–H and O–H groups in total. The van der Waals surface area contributed by atoms with Gasteiger partial charge in [0.2, 0.25) is 0 Å². The van der Waals surface area contributed by atoms with E-state index in [1.54, 1.807) is 0 Å². The van der Waals surface area contributed by atoms with Gasteiger partial charge in [0.05, 0.1) is 5.56 Å². The first-order valence-corrected chi connectivity index (χ1v) is 3.50. The summed E-state index contributed by atoms with van der Waals surface area (Å²) in [5, 5.41) is 0. The fourth-order valence-electron chi connectivity index (χ4n) is 1.24. The number of esters is 1. The van der Waals surface area contributed by atoms with Gasteiger partial charge in [-0.1, -0.05) is 6.58 Å². The summed E-state index contributed by atoms with van der Waals surface area (Å²) in [5.41, 5.74) is -0.546. The first-order chi connectivity index (χ1) is 6.11. The number of carbonyl (C=O) groups is 1. The number of benzene rings is 1. The van der Waals surface area contributed by atoms with Gasteiger partial charge in [-0.05, 0) is 12.1 Å². The molecule has 1 heterocycles. The Labute approximate surface area is 72.4 Å². The lowest BCUT2D eigenvalue weighted by molar-refractivity contribution is 0.0712. The van der Waals surface area contributed by atoms with Crippen LogP contribution in [0, 0.1) is 11.6 Å². The Bertz CT molecular complexity index is 385. The van der Waals surface area contributed by atoms with Gasteiger partial charge in [-0.25, -0.2) is 13.6 Å². The van der Waals surface area contributed by atoms with E-state index in [-0.39, 0.29) is 16.9 Å². The van der Waals surface area contributed by atoms with Gasteiger partial charge in [-0.15, -0.1) is 0 Å². The van der Waals surface area contributed by atoms with E-state index in [0.717, 1.165) is 12.1 Å². The molecule has 1 aromatic rings. The van der Waals surface area contributed by atoms with Crippen molar-refractivity contribution in [1.82, 2.24) is 0 Å². The highest BCUT2D eigenvalue weighted by Crippen LogP contribution is 2.32. The van der Waals surface area contributed by atoms with Crippen molar-refractivity contribution < 1.29 is 18.3 Å². The van der Waals surface area contributed by atoms with E-state index in [1.165, 1.54) is 0 Å². The Hall–Kier alpha value is -1.71. The molecule has 0 amide bonds. The third-order valence-corrected chi connectivity index (χ3v) is 1.80. The number of hydrogen-bond acceptors (Lipinski definition) is 2. The second-order valence-electron chi connectivity index (χ2n) is 2.59. The fourth-order valence-corrected chi connectivity index (χ4v) is 1.24. The van der Waals surface area contributed by atoms with Crippen LogP contribution in [0.25, 0.3) is 5.76 Å². The maximum atomic E-state index is 13.0. The summed E-state index contributed by atoms with van der Waals surface area (Å²) in [6.45, 7) is 3.30. The third kappa shape index (κ3) is 0.950. The summed E-state index contributed by atoms with van der Waals surface area (Å²) in [5.74, 6) is -2.53. The van der Waals surface area contributed by atoms with Gasteiger partial charge in [0.25, 0.3) is 0 Å². The number of fused-ring (bicyclic) bond motifs is 1. The molecular weight excluding hydrogens is 178 g/mol. The fraction of sp³-hybridized carbons (Fsp3) is 0. The summed E-state index contributed by atoms with van der Waals surface area (Å²) in [4.78, 5) is 11.0. The monoisotopic (exact) mass is 182 g/mol. The van der Waals surface area contributed by atoms with Crippen molar-refractivity contribution in [3.63, 3.8) is 0 Å². The molecule has 0 radical (unpaired) electrons. The van der Waals surface area contributed by atoms with Crippen molar-refractivity contribution in [1.29, 1.82) is 0 Å². The van der Waals surface area contributed by atoms with Crippen LogP contribution in [0.1, 0.15) is 15.9 Å². The van der Waals surface area contributed by atoms with E-state index in [0.29, 0.717) is 0 Å². The molecule has 0 saturated heterocycles. The Kier molecular flexibility index (Phi) is 1.45. The van der Waals surface area contributed by atoms with Crippen molar-refractivity contribution in [2.24, 2.45) is 0 Å². The molecular formula is C9H4F2O2. The second kappa shape index (κ2) is 2.39. The maximum absolute atomic E-state index is 13.0. The molecule has 0 saturated carbocycles. The molecule has 13 heavy (non-hydrogen) atoms. The minimum absolute atomic E-state index is 0.142. The van der Waals surface area contributed by atoms with Crippen LogP contribution in [0.5, 0.6) is 0 Å². The lowest BCUT2D eigenvalue weighted by atomic mass is 10.1. The number of cyclic esters (lactones) is 1. The van der Waals surface area contributed by atoms with Gasteiger partial charge in [-0.2, -0.15) is 0 Å². The van der Waals surface area contributed by atoms with Crippen molar-refractivity contribution in [3.8, 4) is 0 Å². The minimum Gasteiger partial charge on any atom is -0.423 e. The van der Waals surface area contributed by atoms with Crippen molar-refractivity contribution in [2.75, 3.05) is 0 Å². The lowest BCUT2D eigenvalue weighted by Gasteiger charge is -1.97. The molecule has 1 aromatic carbocycles. The van der Waals surface area contributed by atoms with Gasteiger partial charge in [0.1, 0.15) is 23.0 Å². The van der Waals surface area contributed by atoms with Gasteiger partial charge in [-0.3, -0.25) is 0 Å². The molecule has 0 aromatic heterocycles. The minimum atomic E-state index is -0.892. The Morgan fingerprint density at radius 3 is 2.23 bits per heavy atom. The molecule has 1 aliphatic rings. The predicted molar refractivity (Wildman–Crippen MR) is 40.8 cm³/mol. The molecule has 0 fully saturated rings. The van der Waals surface area contributed by atoms with E-state index < -0.39 is 17.6 Å². The van der Waals surface area contributed by atoms with Gasteiger partial charge in [0.15, 0.2) is 0 Å². The van der Waals surface area contributed by atoms with Crippen LogP contribution >= 0.6 is 0 Å². The van der Waals surface area contributed by atoms with E-state index in [1.807, 2.05) is 0 Å². The Morgan fingerprint density at radius 2 is 1.69 bits per heavy atom. The van der Waals surface area contributed by atoms with Crippen molar-refractivity contribution >= 4 is 11.7 Å². The Morgan fingerprint density at radius 1 is 1.15 bits per heavy atom. The van der Waals surface area contributed by atoms with Gasteiger partial charge in [0, 0.05) is 0 Å². The third-order valence-electron chi connectivity index (χ3n) is 1.80. The molecule has 66 valence electrons. The van der Waals surface area contributed by atoms with E-state index in [4.69, 9.17) is 0 Å². The van der Waals surface area contributed by atoms with Crippen LogP contribution in [-0.4, -0.2) is 5.97 Å². The number of hydrogen-bond donors (Lipinski definition) is 0. The average Bonchev–Trinajstić information content (AvgIpc) is 2.36. The zero-order valence-electron chi connectivity index (χ0n) is 6.43. The van der Waals surface area contributed by atoms with Crippen LogP contribution in [0.4, 0.5) is 8.78 Å². The summed E-state index contributed by atoms with van der Waals surface area (Å²) in [7, 11) is 0. The highest BCUT2D eigenvalue weighted by Gasteiger charge is 2.31. The molecule has 4 heteroatoms. The molecule has 2 nitrogen and oxygen atoms in total. The SMILES string of the molecule is C=C1OC(=O)c2c(F)ccc(F)c21. The highest BCUT2D eigenvalue weighted by molar-refractivity contribution is 6.02. The topological polar surface area (TPSA) is 26.3 Å². The standard InChI is InChI=1S/C9H4F2O2/c1-4-7-5(10)2-3-6(11)8(7)9(12)13-4/h2-3H,1H2. The zero-order valence-corrected chi connectivity index (χ0v) is 6.43. The van der Waals surface area contributed by atoms with E-state index in [9.17, 15) is 13.6 Å². The average molecular weight is 182 g/mol. The summed E-state index contributed by atoms with van der Waals surface area (Å²) < 4.78 is 30.5. The second-order valence-corrected chi connectivity index (χ2v) is 2.59. The van der Waals surface area contributed by atoms with Crippen molar-refractivity contribution in [2.45, 2.75) is 0 Å². The normalized spacial score (nSPS) is 14.3. The molecule has 0 unspecified atom stereocenters. The summed E-state index contributed by atoms with van der Waals surface area (Å²) in [6, 6.07) is 1.81. The number of ether oxygens (including phenoxy) is 1. The van der Waals surface area contributed by atoms with E-state index in [2.05, 4.69) is 11.3 Å². The predicted octanol–water partition coefficient (Wildman–Crippen LogP) is 2.11. The molecule has 2 rings (SSSR count). The molecule has 0 aliphatic carbocycles. The van der Waals surface area contributed by atoms with Crippen LogP contribution in [-0.2, 0) is 4.74 Å². The highest BCUT2D eigenvalue weighted by atomic mass is 19.1. The van der Waals surface area contributed by atoms with Gasteiger partial charge < -0.3 is 4.74 Å². The lowest BCUT2D eigenvalue weighted by Crippen LogP contribution is -1.98. The van der Waals surface area contributed by atoms with Crippen LogP contribution in [0.15, 0.2) is 18.7 Å². The quantitative estimate of drug-likeness (QED) is 0.574. The smallest absolute Gasteiger partial charge is 0.347 e.